The van der Waals surface area contributed by atoms with E-state index < -0.39 is 0 Å². The van der Waals surface area contributed by atoms with E-state index in [2.05, 4.69) is 21.2 Å². The van der Waals surface area contributed by atoms with Crippen LogP contribution in [0.3, 0.4) is 0 Å². The normalized spacial score (nSPS) is 9.77. The number of benzene rings is 1. The first-order valence-electron chi connectivity index (χ1n) is 3.43. The molecule has 0 amide bonds. The van der Waals surface area contributed by atoms with Crippen LogP contribution in [0.1, 0.15) is 0 Å². The van der Waals surface area contributed by atoms with Gasteiger partial charge in [0.1, 0.15) is 4.32 Å². The third-order valence-corrected chi connectivity index (χ3v) is 3.66. The van der Waals surface area contributed by atoms with E-state index in [0.29, 0.717) is 5.02 Å². The van der Waals surface area contributed by atoms with Crippen LogP contribution in [0.15, 0.2) is 22.7 Å². The second-order valence-corrected chi connectivity index (χ2v) is 4.99. The van der Waals surface area contributed by atoms with Gasteiger partial charge in [-0.1, -0.05) is 23.8 Å². The molecule has 0 aliphatic rings. The lowest BCUT2D eigenvalue weighted by atomic mass is 10.3. The molecule has 1 aromatic carbocycles. The molecule has 1 nitrogen and oxygen atoms in total. The second kappa shape index (κ2) is 5.20. The van der Waals surface area contributed by atoms with Gasteiger partial charge in [0, 0.05) is 10.2 Å². The van der Waals surface area contributed by atoms with Crippen molar-refractivity contribution in [2.75, 3.05) is 11.6 Å². The Bertz CT molecular complexity index is 330. The van der Waals surface area contributed by atoms with Crippen molar-refractivity contribution in [1.29, 1.82) is 0 Å². The molecule has 0 bridgehead atoms. The highest BCUT2D eigenvalue weighted by molar-refractivity contribution is 9.10. The number of hydrogen-bond donors (Lipinski definition) is 1. The van der Waals surface area contributed by atoms with Crippen molar-refractivity contribution in [3.8, 4) is 0 Å². The number of thioether (sulfide) groups is 1. The van der Waals surface area contributed by atoms with E-state index in [-0.39, 0.29) is 0 Å². The van der Waals surface area contributed by atoms with Crippen molar-refractivity contribution in [3.63, 3.8) is 0 Å². The van der Waals surface area contributed by atoms with Crippen LogP contribution in [-0.2, 0) is 0 Å². The number of halogens is 2. The topological polar surface area (TPSA) is 12.0 Å². The Morgan fingerprint density at radius 2 is 2.31 bits per heavy atom. The number of anilines is 1. The van der Waals surface area contributed by atoms with Crippen LogP contribution in [0.2, 0.25) is 5.02 Å². The van der Waals surface area contributed by atoms with E-state index in [1.54, 1.807) is 0 Å². The zero-order valence-electron chi connectivity index (χ0n) is 6.80. The fourth-order valence-electron chi connectivity index (χ4n) is 0.743. The summed E-state index contributed by atoms with van der Waals surface area (Å²) in [7, 11) is 0. The number of hydrogen-bond acceptors (Lipinski definition) is 2. The summed E-state index contributed by atoms with van der Waals surface area (Å²) in [5, 5.41) is 3.72. The Balaban J connectivity index is 2.79. The first-order chi connectivity index (χ1) is 6.13. The van der Waals surface area contributed by atoms with Gasteiger partial charge in [0.05, 0.1) is 5.02 Å². The molecule has 0 unspecified atom stereocenters. The highest BCUT2D eigenvalue weighted by atomic mass is 79.9. The van der Waals surface area contributed by atoms with Gasteiger partial charge in [-0.3, -0.25) is 0 Å². The van der Waals surface area contributed by atoms with Crippen LogP contribution in [0.25, 0.3) is 0 Å². The molecular formula is C8H7BrClNS2. The molecule has 1 N–H and O–H groups in total. The van der Waals surface area contributed by atoms with Gasteiger partial charge < -0.3 is 5.32 Å². The average Bonchev–Trinajstić information content (AvgIpc) is 2.11. The van der Waals surface area contributed by atoms with Crippen molar-refractivity contribution in [1.82, 2.24) is 0 Å². The number of thiocarbonyl (C=S) groups is 1. The summed E-state index contributed by atoms with van der Waals surface area (Å²) in [4.78, 5) is 0. The van der Waals surface area contributed by atoms with Gasteiger partial charge in [-0.05, 0) is 40.4 Å². The SMILES string of the molecule is CSC(=S)Nc1ccc(Br)c(Cl)c1. The van der Waals surface area contributed by atoms with Crippen molar-refractivity contribution >= 4 is 61.5 Å². The van der Waals surface area contributed by atoms with E-state index in [4.69, 9.17) is 23.8 Å². The molecule has 0 aliphatic heterocycles. The van der Waals surface area contributed by atoms with Crippen LogP contribution in [0.5, 0.6) is 0 Å². The van der Waals surface area contributed by atoms with Crippen LogP contribution in [-0.4, -0.2) is 10.6 Å². The lowest BCUT2D eigenvalue weighted by molar-refractivity contribution is 1.62. The van der Waals surface area contributed by atoms with E-state index in [1.165, 1.54) is 11.8 Å². The average molecular weight is 297 g/mol. The van der Waals surface area contributed by atoms with Gasteiger partial charge in [-0.25, -0.2) is 0 Å². The minimum absolute atomic E-state index is 0.675. The van der Waals surface area contributed by atoms with E-state index >= 15 is 0 Å². The molecule has 0 saturated heterocycles. The minimum atomic E-state index is 0.675. The van der Waals surface area contributed by atoms with Gasteiger partial charge in [0.15, 0.2) is 0 Å². The molecule has 1 aromatic rings. The zero-order chi connectivity index (χ0) is 9.84. The highest BCUT2D eigenvalue weighted by Crippen LogP contribution is 2.25. The maximum absolute atomic E-state index is 5.90. The fraction of sp³-hybridized carbons (Fsp3) is 0.125. The molecule has 0 saturated carbocycles. The Morgan fingerprint density at radius 1 is 1.62 bits per heavy atom. The Kier molecular flexibility index (Phi) is 4.52. The largest absolute Gasteiger partial charge is 0.341 e. The van der Waals surface area contributed by atoms with Crippen LogP contribution in [0.4, 0.5) is 5.69 Å². The van der Waals surface area contributed by atoms with Crippen molar-refractivity contribution in [2.45, 2.75) is 0 Å². The number of rotatable bonds is 1. The molecule has 1 rings (SSSR count). The lowest BCUT2D eigenvalue weighted by Gasteiger charge is -2.05. The Labute approximate surface area is 100 Å². The Morgan fingerprint density at radius 3 is 2.85 bits per heavy atom. The molecule has 0 fully saturated rings. The lowest BCUT2D eigenvalue weighted by Crippen LogP contribution is -2.03. The molecule has 0 heterocycles. The molecule has 13 heavy (non-hydrogen) atoms. The maximum Gasteiger partial charge on any atom is 0.137 e. The van der Waals surface area contributed by atoms with Crippen molar-refractivity contribution in [2.24, 2.45) is 0 Å². The molecule has 5 heteroatoms. The predicted molar refractivity (Wildman–Crippen MR) is 68.9 cm³/mol. The van der Waals surface area contributed by atoms with Gasteiger partial charge in [-0.2, -0.15) is 0 Å². The summed E-state index contributed by atoms with van der Waals surface area (Å²) in [6.07, 6.45) is 1.93. The Hall–Kier alpha value is 0.230. The molecule has 0 aliphatic carbocycles. The van der Waals surface area contributed by atoms with Crippen LogP contribution < -0.4 is 5.32 Å². The maximum atomic E-state index is 5.90. The van der Waals surface area contributed by atoms with Gasteiger partial charge in [0.25, 0.3) is 0 Å². The van der Waals surface area contributed by atoms with Crippen LogP contribution in [0, 0.1) is 0 Å². The molecule has 70 valence electrons. The smallest absolute Gasteiger partial charge is 0.137 e. The highest BCUT2D eigenvalue weighted by Gasteiger charge is 1.99. The van der Waals surface area contributed by atoms with Gasteiger partial charge in [-0.15, -0.1) is 11.8 Å². The number of nitrogens with one attached hydrogen (secondary N) is 1. The molecule has 0 atom stereocenters. The van der Waals surface area contributed by atoms with E-state index in [9.17, 15) is 0 Å². The van der Waals surface area contributed by atoms with Crippen molar-refractivity contribution in [3.05, 3.63) is 27.7 Å². The molecule has 0 spiro atoms. The summed E-state index contributed by atoms with van der Waals surface area (Å²) in [5.74, 6) is 0. The standard InChI is InChI=1S/C8H7BrClNS2/c1-13-8(12)11-5-2-3-6(9)7(10)4-5/h2-4H,1H3,(H,11,12). The van der Waals surface area contributed by atoms with Gasteiger partial charge >= 0.3 is 0 Å². The molecular weight excluding hydrogens is 290 g/mol. The first kappa shape index (κ1) is 11.3. The summed E-state index contributed by atoms with van der Waals surface area (Å²) >= 11 is 15.7. The summed E-state index contributed by atoms with van der Waals surface area (Å²) in [5.41, 5.74) is 0.910. The van der Waals surface area contributed by atoms with E-state index in [0.717, 1.165) is 14.5 Å². The zero-order valence-corrected chi connectivity index (χ0v) is 10.8. The summed E-state index contributed by atoms with van der Waals surface area (Å²) in [6.45, 7) is 0. The predicted octanol–water partition coefficient (Wildman–Crippen LogP) is 4.16. The van der Waals surface area contributed by atoms with Gasteiger partial charge in [0.2, 0.25) is 0 Å². The summed E-state index contributed by atoms with van der Waals surface area (Å²) in [6, 6.07) is 5.63. The quantitative estimate of drug-likeness (QED) is 0.782. The molecule has 0 aromatic heterocycles. The fourth-order valence-corrected chi connectivity index (χ4v) is 1.51. The third-order valence-electron chi connectivity index (χ3n) is 1.35. The van der Waals surface area contributed by atoms with E-state index in [1.807, 2.05) is 24.5 Å². The first-order valence-corrected chi connectivity index (χ1v) is 6.24. The minimum Gasteiger partial charge on any atom is -0.341 e. The summed E-state index contributed by atoms with van der Waals surface area (Å²) < 4.78 is 1.62. The monoisotopic (exact) mass is 295 g/mol. The third kappa shape index (κ3) is 3.46. The van der Waals surface area contributed by atoms with Crippen molar-refractivity contribution < 1.29 is 0 Å². The second-order valence-electron chi connectivity index (χ2n) is 2.25. The van der Waals surface area contributed by atoms with Crippen LogP contribution >= 0.6 is 51.5 Å². The molecule has 0 radical (unpaired) electrons.